The molecule has 0 saturated heterocycles. The first-order chi connectivity index (χ1) is 21.0. The van der Waals surface area contributed by atoms with Gasteiger partial charge in [-0.3, -0.25) is 9.36 Å². The first-order valence-corrected chi connectivity index (χ1v) is 15.8. The number of ether oxygens (including phenoxy) is 2. The van der Waals surface area contributed by atoms with Gasteiger partial charge in [0.2, 0.25) is 0 Å². The summed E-state index contributed by atoms with van der Waals surface area (Å²) in [5, 5.41) is 0. The predicted octanol–water partition coefficient (Wildman–Crippen LogP) is 6.65. The van der Waals surface area contributed by atoms with Gasteiger partial charge in [0.05, 0.1) is 27.0 Å². The van der Waals surface area contributed by atoms with E-state index in [1.165, 1.54) is 29.0 Å². The van der Waals surface area contributed by atoms with E-state index in [2.05, 4.69) is 34.7 Å². The highest BCUT2D eigenvalue weighted by Gasteiger charge is 2.32. The van der Waals surface area contributed by atoms with Crippen LogP contribution in [0.1, 0.15) is 40.3 Å². The smallest absolute Gasteiger partial charge is 0.271 e. The molecule has 1 atom stereocenters. The zero-order valence-corrected chi connectivity index (χ0v) is 26.2. The maximum atomic E-state index is 14.1. The van der Waals surface area contributed by atoms with E-state index < -0.39 is 0 Å². The molecular formula is C35H26FIN2O3S. The summed E-state index contributed by atoms with van der Waals surface area (Å²) in [7, 11) is 1.61. The monoisotopic (exact) mass is 700 g/mol. The van der Waals surface area contributed by atoms with Crippen LogP contribution in [0.2, 0.25) is 0 Å². The molecule has 1 aliphatic heterocycles. The minimum atomic E-state index is -0.356. The molecule has 0 bridgehead atoms. The molecule has 0 spiro atoms. The molecule has 0 N–H and O–H groups in total. The average Bonchev–Trinajstić information content (AvgIpc) is 3.34. The Morgan fingerprint density at radius 2 is 1.79 bits per heavy atom. The van der Waals surface area contributed by atoms with E-state index in [0.29, 0.717) is 27.4 Å². The molecule has 0 fully saturated rings. The number of methoxy groups -OCH3 is 1. The molecule has 43 heavy (non-hydrogen) atoms. The maximum Gasteiger partial charge on any atom is 0.271 e. The molecule has 0 amide bonds. The third kappa shape index (κ3) is 5.23. The van der Waals surface area contributed by atoms with Crippen molar-refractivity contribution in [1.82, 2.24) is 4.57 Å². The lowest BCUT2D eigenvalue weighted by atomic mass is 9.83. The Morgan fingerprint density at radius 3 is 2.58 bits per heavy atom. The molecule has 7 rings (SSSR count). The summed E-state index contributed by atoms with van der Waals surface area (Å²) in [6.07, 6.45) is 3.53. The minimum Gasteiger partial charge on any atom is -0.493 e. The van der Waals surface area contributed by atoms with Crippen LogP contribution in [0.5, 0.6) is 11.5 Å². The molecule has 8 heteroatoms. The predicted molar refractivity (Wildman–Crippen MR) is 176 cm³/mol. The third-order valence-corrected chi connectivity index (χ3v) is 9.62. The molecule has 1 aliphatic carbocycles. The second-order valence-corrected chi connectivity index (χ2v) is 12.6. The van der Waals surface area contributed by atoms with E-state index in [1.807, 2.05) is 60.7 Å². The molecule has 0 radical (unpaired) electrons. The van der Waals surface area contributed by atoms with Crippen LogP contribution >= 0.6 is 33.9 Å². The Morgan fingerprint density at radius 1 is 1.02 bits per heavy atom. The first kappa shape index (κ1) is 27.8. The summed E-state index contributed by atoms with van der Waals surface area (Å²) in [5.41, 5.74) is 6.98. The van der Waals surface area contributed by atoms with Gasteiger partial charge < -0.3 is 9.47 Å². The van der Waals surface area contributed by atoms with Gasteiger partial charge in [-0.1, -0.05) is 78.1 Å². The molecule has 2 aliphatic rings. The van der Waals surface area contributed by atoms with Crippen molar-refractivity contribution in [2.75, 3.05) is 7.11 Å². The van der Waals surface area contributed by atoms with E-state index in [1.54, 1.807) is 23.8 Å². The fraction of sp³-hybridized carbons (Fsp3) is 0.143. The zero-order chi connectivity index (χ0) is 29.5. The van der Waals surface area contributed by atoms with Gasteiger partial charge >= 0.3 is 0 Å². The molecule has 1 aromatic heterocycles. The molecular weight excluding hydrogens is 674 g/mol. The lowest BCUT2D eigenvalue weighted by Gasteiger charge is -2.30. The van der Waals surface area contributed by atoms with Crippen LogP contribution in [0, 0.1) is 9.39 Å². The van der Waals surface area contributed by atoms with Gasteiger partial charge in [0.15, 0.2) is 16.3 Å². The Hall–Kier alpha value is -4.02. The molecule has 0 unspecified atom stereocenters. The number of rotatable bonds is 6. The zero-order valence-electron chi connectivity index (χ0n) is 23.2. The Balaban J connectivity index is 1.34. The lowest BCUT2D eigenvalue weighted by Crippen LogP contribution is -2.38. The molecule has 214 valence electrons. The van der Waals surface area contributed by atoms with E-state index in [4.69, 9.17) is 14.5 Å². The second kappa shape index (κ2) is 11.6. The molecule has 0 saturated carbocycles. The van der Waals surface area contributed by atoms with Crippen LogP contribution in [0.3, 0.4) is 0 Å². The van der Waals surface area contributed by atoms with Gasteiger partial charge in [0.25, 0.3) is 5.56 Å². The van der Waals surface area contributed by atoms with E-state index in [0.717, 1.165) is 49.9 Å². The summed E-state index contributed by atoms with van der Waals surface area (Å²) in [4.78, 5) is 19.8. The van der Waals surface area contributed by atoms with Crippen molar-refractivity contribution < 1.29 is 13.9 Å². The molecule has 4 aromatic carbocycles. The summed E-state index contributed by atoms with van der Waals surface area (Å²) in [5.74, 6) is 0.949. The van der Waals surface area contributed by atoms with Crippen LogP contribution in [0.15, 0.2) is 106 Å². The lowest BCUT2D eigenvalue weighted by molar-refractivity contribution is 0.282. The standard InChI is InChI=1S/C35H26FIN2O3S/c1-41-29-18-22(17-28(37)33(29)42-20-21-7-3-2-4-8-21)19-30-34(40)39-32(24-11-14-25(36)15-12-24)27-16-13-23-9-5-6-10-26(23)31(27)38-35(39)43-30/h2-12,14-15,17-19,32H,13,16,20H2,1H3/b30-19+/t32-/m0/s1. The summed E-state index contributed by atoms with van der Waals surface area (Å²) < 4.78 is 29.0. The fourth-order valence-corrected chi connectivity index (χ4v) is 7.59. The van der Waals surface area contributed by atoms with Crippen molar-refractivity contribution in [1.29, 1.82) is 0 Å². The van der Waals surface area contributed by atoms with Gasteiger partial charge in [0.1, 0.15) is 12.4 Å². The maximum absolute atomic E-state index is 14.1. The quantitative estimate of drug-likeness (QED) is 0.187. The number of aryl methyl sites for hydroxylation is 1. The number of hydrogen-bond donors (Lipinski definition) is 0. The number of benzene rings is 4. The van der Waals surface area contributed by atoms with Gasteiger partial charge in [-0.25, -0.2) is 9.38 Å². The summed E-state index contributed by atoms with van der Waals surface area (Å²) >= 11 is 3.61. The third-order valence-electron chi connectivity index (χ3n) is 7.83. The van der Waals surface area contributed by atoms with Crippen LogP contribution in [0.25, 0.3) is 11.8 Å². The van der Waals surface area contributed by atoms with Crippen LogP contribution in [-0.2, 0) is 13.0 Å². The SMILES string of the molecule is COc1cc(/C=c2/sc3n(c2=O)[C@@H](c2ccc(F)cc2)C2=C(N=3)c3ccccc3CC2)cc(I)c1OCc1ccccc1. The largest absolute Gasteiger partial charge is 0.493 e. The number of thiazole rings is 1. The van der Waals surface area contributed by atoms with Crippen LogP contribution in [-0.4, -0.2) is 11.7 Å². The molecule has 2 heterocycles. The van der Waals surface area contributed by atoms with Crippen molar-refractivity contribution in [3.8, 4) is 11.5 Å². The number of aromatic nitrogens is 1. The number of halogens is 2. The highest BCUT2D eigenvalue weighted by Crippen LogP contribution is 2.41. The van der Waals surface area contributed by atoms with E-state index in [9.17, 15) is 9.18 Å². The topological polar surface area (TPSA) is 52.8 Å². The first-order valence-electron chi connectivity index (χ1n) is 13.9. The average molecular weight is 701 g/mol. The minimum absolute atomic E-state index is 0.123. The summed E-state index contributed by atoms with van der Waals surface area (Å²) in [6, 6.07) is 28.3. The molecule has 5 nitrogen and oxygen atoms in total. The number of fused-ring (bicyclic) bond motifs is 3. The van der Waals surface area contributed by atoms with E-state index in [-0.39, 0.29) is 17.4 Å². The van der Waals surface area contributed by atoms with Crippen molar-refractivity contribution in [2.45, 2.75) is 25.5 Å². The van der Waals surface area contributed by atoms with Gasteiger partial charge in [-0.05, 0) is 93.6 Å². The van der Waals surface area contributed by atoms with Crippen LogP contribution in [0.4, 0.5) is 4.39 Å². The highest BCUT2D eigenvalue weighted by molar-refractivity contribution is 14.1. The van der Waals surface area contributed by atoms with Crippen molar-refractivity contribution in [3.05, 3.63) is 153 Å². The van der Waals surface area contributed by atoms with Gasteiger partial charge in [0, 0.05) is 5.56 Å². The fourth-order valence-electron chi connectivity index (χ4n) is 5.81. The van der Waals surface area contributed by atoms with Crippen LogP contribution < -0.4 is 24.4 Å². The normalized spacial score (nSPS) is 15.8. The Labute approximate surface area is 265 Å². The number of hydrogen-bond acceptors (Lipinski definition) is 5. The highest BCUT2D eigenvalue weighted by atomic mass is 127. The van der Waals surface area contributed by atoms with Crippen molar-refractivity contribution in [2.24, 2.45) is 4.99 Å². The second-order valence-electron chi connectivity index (χ2n) is 10.5. The summed E-state index contributed by atoms with van der Waals surface area (Å²) in [6.45, 7) is 0.419. The number of nitrogens with zero attached hydrogens (tertiary/aromatic N) is 2. The number of allylic oxidation sites excluding steroid dienone is 1. The van der Waals surface area contributed by atoms with Crippen molar-refractivity contribution in [3.63, 3.8) is 0 Å². The molecule has 5 aromatic rings. The van der Waals surface area contributed by atoms with Gasteiger partial charge in [-0.2, -0.15) is 0 Å². The van der Waals surface area contributed by atoms with Crippen molar-refractivity contribution >= 4 is 45.7 Å². The van der Waals surface area contributed by atoms with E-state index >= 15 is 0 Å². The Kier molecular flexibility index (Phi) is 7.48. The van der Waals surface area contributed by atoms with Gasteiger partial charge in [-0.15, -0.1) is 0 Å². The Bertz CT molecular complexity index is 2070.